The van der Waals surface area contributed by atoms with E-state index < -0.39 is 23.1 Å². The Kier molecular flexibility index (Phi) is 4.94. The molecule has 1 aromatic heterocycles. The Labute approximate surface area is 153 Å². The fourth-order valence-corrected chi connectivity index (χ4v) is 2.44. The fourth-order valence-electron chi connectivity index (χ4n) is 2.44. The lowest BCUT2D eigenvalue weighted by atomic mass is 10.1. The number of alkyl halides is 2. The number of benzene rings is 2. The Morgan fingerprint density at radius 3 is 2.56 bits per heavy atom. The number of hydrogen-bond acceptors (Lipinski definition) is 5. The molecule has 0 aliphatic rings. The van der Waals surface area contributed by atoms with Gasteiger partial charge in [-0.05, 0) is 42.5 Å². The van der Waals surface area contributed by atoms with Crippen molar-refractivity contribution in [1.82, 2.24) is 9.97 Å². The summed E-state index contributed by atoms with van der Waals surface area (Å²) in [6.07, 6.45) is 1.41. The maximum absolute atomic E-state index is 14.9. The van der Waals surface area contributed by atoms with Gasteiger partial charge in [-0.25, -0.2) is 14.4 Å². The van der Waals surface area contributed by atoms with Crippen molar-refractivity contribution in [3.8, 4) is 6.07 Å². The average molecular weight is 369 g/mol. The molecule has 1 heterocycles. The lowest BCUT2D eigenvalue weighted by Crippen LogP contribution is -2.20. The summed E-state index contributed by atoms with van der Waals surface area (Å²) >= 11 is 0. The van der Waals surface area contributed by atoms with E-state index in [1.165, 1.54) is 6.08 Å². The first-order chi connectivity index (χ1) is 12.9. The van der Waals surface area contributed by atoms with Crippen LogP contribution >= 0.6 is 0 Å². The number of nitrogens with one attached hydrogen (secondary N) is 1. The second-order valence-corrected chi connectivity index (χ2v) is 5.65. The van der Waals surface area contributed by atoms with Crippen molar-refractivity contribution in [2.24, 2.45) is 5.73 Å². The van der Waals surface area contributed by atoms with Gasteiger partial charge in [0.15, 0.2) is 0 Å². The average Bonchev–Trinajstić information content (AvgIpc) is 2.68. The molecule has 0 aliphatic carbocycles. The van der Waals surface area contributed by atoms with Gasteiger partial charge in [0.2, 0.25) is 5.82 Å². The molecule has 3 rings (SSSR count). The molecule has 0 radical (unpaired) electrons. The van der Waals surface area contributed by atoms with Crippen LogP contribution in [0.4, 0.5) is 19.0 Å². The van der Waals surface area contributed by atoms with Crippen LogP contribution in [0.15, 0.2) is 60.3 Å². The summed E-state index contributed by atoms with van der Waals surface area (Å²) in [5.41, 5.74) is 5.32. The largest absolute Gasteiger partial charge is 0.390 e. The van der Waals surface area contributed by atoms with Gasteiger partial charge in [-0.3, -0.25) is 0 Å². The Balaban J connectivity index is 2.06. The van der Waals surface area contributed by atoms with Crippen LogP contribution in [-0.2, 0) is 5.92 Å². The van der Waals surface area contributed by atoms with Crippen LogP contribution in [0, 0.1) is 17.1 Å². The minimum Gasteiger partial charge on any atom is -0.390 e. The third-order valence-electron chi connectivity index (χ3n) is 3.81. The number of rotatable bonds is 5. The lowest BCUT2D eigenvalue weighted by Gasteiger charge is -2.17. The monoisotopic (exact) mass is 369 g/mol. The number of fused-ring (bicyclic) bond motifs is 1. The molecule has 0 amide bonds. The van der Waals surface area contributed by atoms with Crippen molar-refractivity contribution in [2.45, 2.75) is 5.92 Å². The number of allylic oxidation sites excluding steroid dienone is 1. The number of aromatic nitrogens is 2. The first-order valence-electron chi connectivity index (χ1n) is 7.92. The highest BCUT2D eigenvalue weighted by Gasteiger charge is 2.38. The van der Waals surface area contributed by atoms with Crippen LogP contribution in [0.5, 0.6) is 0 Å². The van der Waals surface area contributed by atoms with Gasteiger partial charge in [-0.15, -0.1) is 0 Å². The van der Waals surface area contributed by atoms with E-state index in [0.29, 0.717) is 10.9 Å². The number of hydrogen-bond donors (Lipinski definition) is 2. The Bertz CT molecular complexity index is 1040. The molecular weight excluding hydrogens is 355 g/mol. The standard InChI is InChI=1S/C19H14F3N5/c20-13-7-5-12(6-8-13)19(21,22)18-26-16-4-2-1-3-15(16)17(27-18)25-10-9-14(24)11-23/h1-9H,10,24H2,(H,25,26,27)/b14-9-. The molecule has 27 heavy (non-hydrogen) atoms. The lowest BCUT2D eigenvalue weighted by molar-refractivity contribution is 0.0333. The van der Waals surface area contributed by atoms with Crippen molar-refractivity contribution in [2.75, 3.05) is 11.9 Å². The zero-order valence-corrected chi connectivity index (χ0v) is 14.0. The van der Waals surface area contributed by atoms with Gasteiger partial charge in [-0.2, -0.15) is 14.0 Å². The third-order valence-corrected chi connectivity index (χ3v) is 3.81. The minimum absolute atomic E-state index is 0.00210. The van der Waals surface area contributed by atoms with Gasteiger partial charge >= 0.3 is 5.92 Å². The number of nitriles is 1. The number of halogens is 3. The summed E-state index contributed by atoms with van der Waals surface area (Å²) in [5.74, 6) is -4.67. The van der Waals surface area contributed by atoms with E-state index in [2.05, 4.69) is 15.3 Å². The maximum Gasteiger partial charge on any atom is 0.331 e. The molecule has 0 spiro atoms. The van der Waals surface area contributed by atoms with E-state index in [9.17, 15) is 13.2 Å². The summed E-state index contributed by atoms with van der Waals surface area (Å²) in [6.45, 7) is 0.127. The van der Waals surface area contributed by atoms with Crippen LogP contribution < -0.4 is 11.1 Å². The number of para-hydroxylation sites is 1. The molecule has 136 valence electrons. The smallest absolute Gasteiger partial charge is 0.331 e. The zero-order valence-electron chi connectivity index (χ0n) is 14.0. The summed E-state index contributed by atoms with van der Waals surface area (Å²) in [6, 6.07) is 12.4. The Morgan fingerprint density at radius 2 is 1.85 bits per heavy atom. The minimum atomic E-state index is -3.52. The van der Waals surface area contributed by atoms with E-state index in [0.717, 1.165) is 24.3 Å². The van der Waals surface area contributed by atoms with E-state index in [-0.39, 0.29) is 18.1 Å². The number of nitrogens with zero attached hydrogens (tertiary/aromatic N) is 3. The fraction of sp³-hybridized carbons (Fsp3) is 0.105. The molecule has 0 aliphatic heterocycles. The quantitative estimate of drug-likeness (QED) is 0.670. The maximum atomic E-state index is 14.9. The van der Waals surface area contributed by atoms with Gasteiger partial charge in [0, 0.05) is 17.5 Å². The third kappa shape index (κ3) is 3.82. The first-order valence-corrected chi connectivity index (χ1v) is 7.92. The number of anilines is 1. The van der Waals surface area contributed by atoms with Gasteiger partial charge < -0.3 is 11.1 Å². The molecule has 5 nitrogen and oxygen atoms in total. The topological polar surface area (TPSA) is 87.6 Å². The second kappa shape index (κ2) is 7.33. The summed E-state index contributed by atoms with van der Waals surface area (Å²) in [4.78, 5) is 7.95. The predicted octanol–water partition coefficient (Wildman–Crippen LogP) is 3.69. The highest BCUT2D eigenvalue weighted by Crippen LogP contribution is 2.35. The summed E-state index contributed by atoms with van der Waals surface area (Å²) < 4.78 is 42.8. The predicted molar refractivity (Wildman–Crippen MR) is 95.3 cm³/mol. The van der Waals surface area contributed by atoms with Crippen LogP contribution in [0.1, 0.15) is 11.4 Å². The molecular formula is C19H14F3N5. The zero-order chi connectivity index (χ0) is 19.4. The van der Waals surface area contributed by atoms with E-state index in [4.69, 9.17) is 11.0 Å². The van der Waals surface area contributed by atoms with Gasteiger partial charge in [0.1, 0.15) is 23.4 Å². The molecule has 0 saturated heterocycles. The number of nitrogens with two attached hydrogens (primary N) is 1. The molecule has 3 aromatic rings. The Morgan fingerprint density at radius 1 is 1.15 bits per heavy atom. The van der Waals surface area contributed by atoms with E-state index in [1.54, 1.807) is 30.3 Å². The van der Waals surface area contributed by atoms with Crippen molar-refractivity contribution in [3.05, 3.63) is 77.5 Å². The normalized spacial score (nSPS) is 12.0. The van der Waals surface area contributed by atoms with E-state index >= 15 is 0 Å². The SMILES string of the molecule is N#C/C(N)=C/CNc1nc(C(F)(F)c2ccc(F)cc2)nc2ccccc12. The van der Waals surface area contributed by atoms with E-state index in [1.807, 2.05) is 0 Å². The summed E-state index contributed by atoms with van der Waals surface area (Å²) in [7, 11) is 0. The first kappa shape index (κ1) is 18.2. The molecule has 0 saturated carbocycles. The van der Waals surface area contributed by atoms with Crippen LogP contribution in [0.2, 0.25) is 0 Å². The van der Waals surface area contributed by atoms with Gasteiger partial charge in [0.25, 0.3) is 0 Å². The van der Waals surface area contributed by atoms with Crippen LogP contribution in [0.3, 0.4) is 0 Å². The molecule has 0 unspecified atom stereocenters. The van der Waals surface area contributed by atoms with Crippen molar-refractivity contribution < 1.29 is 13.2 Å². The Hall–Kier alpha value is -3.60. The summed E-state index contributed by atoms with van der Waals surface area (Å²) in [5, 5.41) is 12.1. The van der Waals surface area contributed by atoms with Crippen molar-refractivity contribution >= 4 is 16.7 Å². The molecule has 0 atom stereocenters. The van der Waals surface area contributed by atoms with Crippen LogP contribution in [-0.4, -0.2) is 16.5 Å². The molecule has 2 aromatic carbocycles. The molecule has 8 heteroatoms. The molecule has 3 N–H and O–H groups in total. The highest BCUT2D eigenvalue weighted by molar-refractivity contribution is 5.89. The second-order valence-electron chi connectivity index (χ2n) is 5.65. The van der Waals surface area contributed by atoms with Crippen LogP contribution in [0.25, 0.3) is 10.9 Å². The highest BCUT2D eigenvalue weighted by atomic mass is 19.3. The molecule has 0 fully saturated rings. The van der Waals surface area contributed by atoms with Crippen molar-refractivity contribution in [1.29, 1.82) is 5.26 Å². The van der Waals surface area contributed by atoms with Crippen molar-refractivity contribution in [3.63, 3.8) is 0 Å². The van der Waals surface area contributed by atoms with Gasteiger partial charge in [-0.1, -0.05) is 12.1 Å². The molecule has 0 bridgehead atoms. The van der Waals surface area contributed by atoms with Gasteiger partial charge in [0.05, 0.1) is 5.52 Å².